The molecule has 0 saturated carbocycles. The minimum Gasteiger partial charge on any atom is -0.457 e. The Balaban J connectivity index is 0.00000338. The molecule has 0 heterocycles. The molecule has 0 aliphatic heterocycles. The summed E-state index contributed by atoms with van der Waals surface area (Å²) in [5.41, 5.74) is 2.24. The zero-order chi connectivity index (χ0) is 18.2. The second-order valence-corrected chi connectivity index (χ2v) is 5.15. The first kappa shape index (κ1) is 20.7. The molecule has 0 aliphatic carbocycles. The summed E-state index contributed by atoms with van der Waals surface area (Å²) in [5, 5.41) is 0. The van der Waals surface area contributed by atoms with Crippen molar-refractivity contribution in [1.29, 1.82) is 0 Å². The molecule has 0 atom stereocenters. The summed E-state index contributed by atoms with van der Waals surface area (Å²) in [7, 11) is 0. The summed E-state index contributed by atoms with van der Waals surface area (Å²) < 4.78 is 15.2. The first-order chi connectivity index (χ1) is 12.0. The van der Waals surface area contributed by atoms with E-state index >= 15 is 0 Å². The largest absolute Gasteiger partial charge is 0.457 e. The van der Waals surface area contributed by atoms with Crippen LogP contribution < -0.4 is 9.47 Å². The summed E-state index contributed by atoms with van der Waals surface area (Å²) in [6.45, 7) is 8.24. The van der Waals surface area contributed by atoms with Crippen molar-refractivity contribution in [3.63, 3.8) is 0 Å². The minimum absolute atomic E-state index is 0. The molecule has 2 rings (SSSR count). The van der Waals surface area contributed by atoms with Crippen LogP contribution in [0.5, 0.6) is 11.5 Å². The molecule has 0 aliphatic rings. The summed E-state index contributed by atoms with van der Waals surface area (Å²) in [4.78, 5) is 22.4. The fourth-order valence-electron chi connectivity index (χ4n) is 1.89. The van der Waals surface area contributed by atoms with E-state index in [2.05, 4.69) is 13.2 Å². The Hall–Kier alpha value is -3.34. The van der Waals surface area contributed by atoms with Crippen LogP contribution in [0.1, 0.15) is 14.4 Å². The second-order valence-electron chi connectivity index (χ2n) is 5.15. The van der Waals surface area contributed by atoms with Crippen molar-refractivity contribution in [3.8, 4) is 22.6 Å². The molecule has 0 N–H and O–H groups in total. The zero-order valence-corrected chi connectivity index (χ0v) is 13.9. The number of ether oxygens (including phenoxy) is 3. The van der Waals surface area contributed by atoms with Crippen LogP contribution in [-0.2, 0) is 14.3 Å². The average molecular weight is 354 g/mol. The van der Waals surface area contributed by atoms with Gasteiger partial charge in [-0.3, -0.25) is 0 Å². The molecule has 0 radical (unpaired) electrons. The molecule has 0 aromatic heterocycles. The second kappa shape index (κ2) is 9.84. The summed E-state index contributed by atoms with van der Waals surface area (Å²) >= 11 is 0. The molecule has 0 unspecified atom stereocenters. The van der Waals surface area contributed by atoms with Crippen molar-refractivity contribution in [3.05, 3.63) is 73.3 Å². The van der Waals surface area contributed by atoms with Gasteiger partial charge < -0.3 is 14.2 Å². The molecule has 5 nitrogen and oxygen atoms in total. The van der Waals surface area contributed by atoms with Gasteiger partial charge in [-0.25, -0.2) is 9.59 Å². The SMILES string of the molecule is C.C=CC(=O)Oc1ccc(-c2ccc(OCOC(=O)C(=C)C)cc2)cc1. The first-order valence-corrected chi connectivity index (χ1v) is 7.50. The number of hydrogen-bond donors (Lipinski definition) is 0. The van der Waals surface area contributed by atoms with Crippen molar-refractivity contribution in [2.45, 2.75) is 14.4 Å². The molecule has 0 fully saturated rings. The van der Waals surface area contributed by atoms with E-state index in [9.17, 15) is 9.59 Å². The van der Waals surface area contributed by atoms with Crippen molar-refractivity contribution >= 4 is 11.9 Å². The normalized spacial score (nSPS) is 9.42. The van der Waals surface area contributed by atoms with Crippen LogP contribution in [0.3, 0.4) is 0 Å². The smallest absolute Gasteiger partial charge is 0.335 e. The fraction of sp³-hybridized carbons (Fsp3) is 0.143. The van der Waals surface area contributed by atoms with E-state index in [-0.39, 0.29) is 14.2 Å². The number of rotatable bonds is 7. The number of carbonyl (C=O) groups is 2. The lowest BCUT2D eigenvalue weighted by Crippen LogP contribution is -2.10. The highest BCUT2D eigenvalue weighted by molar-refractivity contribution is 5.86. The maximum Gasteiger partial charge on any atom is 0.335 e. The van der Waals surface area contributed by atoms with Gasteiger partial charge in [0.05, 0.1) is 0 Å². The molecule has 0 spiro atoms. The van der Waals surface area contributed by atoms with E-state index in [1.807, 2.05) is 24.3 Å². The monoisotopic (exact) mass is 354 g/mol. The average Bonchev–Trinajstić information content (AvgIpc) is 2.62. The van der Waals surface area contributed by atoms with Crippen molar-refractivity contribution < 1.29 is 23.8 Å². The van der Waals surface area contributed by atoms with Gasteiger partial charge >= 0.3 is 11.9 Å². The predicted molar refractivity (Wildman–Crippen MR) is 101 cm³/mol. The van der Waals surface area contributed by atoms with Crippen LogP contribution in [0, 0.1) is 0 Å². The van der Waals surface area contributed by atoms with Gasteiger partial charge in [0.2, 0.25) is 6.79 Å². The van der Waals surface area contributed by atoms with Crippen LogP contribution >= 0.6 is 0 Å². The molecular formula is C21H22O5. The van der Waals surface area contributed by atoms with Gasteiger partial charge in [-0.2, -0.15) is 0 Å². The third kappa shape index (κ3) is 5.94. The molecule has 136 valence electrons. The minimum atomic E-state index is -0.499. The van der Waals surface area contributed by atoms with Crippen LogP contribution in [0.25, 0.3) is 11.1 Å². The molecule has 26 heavy (non-hydrogen) atoms. The van der Waals surface area contributed by atoms with Crippen molar-refractivity contribution in [2.24, 2.45) is 0 Å². The van der Waals surface area contributed by atoms with Crippen molar-refractivity contribution in [1.82, 2.24) is 0 Å². The summed E-state index contributed by atoms with van der Waals surface area (Å²) in [6.07, 6.45) is 1.11. The van der Waals surface area contributed by atoms with E-state index in [1.54, 1.807) is 31.2 Å². The Morgan fingerprint density at radius 3 is 1.92 bits per heavy atom. The van der Waals surface area contributed by atoms with Gasteiger partial charge in [0.25, 0.3) is 0 Å². The van der Waals surface area contributed by atoms with Gasteiger partial charge in [0.15, 0.2) is 0 Å². The number of esters is 2. The molecular weight excluding hydrogens is 332 g/mol. The lowest BCUT2D eigenvalue weighted by molar-refractivity contribution is -0.145. The van der Waals surface area contributed by atoms with Gasteiger partial charge in [-0.05, 0) is 42.3 Å². The standard InChI is InChI=1S/C20H18O5.CH4/c1-4-19(21)25-18-11-7-16(8-12-18)15-5-9-17(10-6-15)23-13-24-20(22)14(2)3;/h4-12H,1-2,13H2,3H3;1H4. The van der Waals surface area contributed by atoms with E-state index < -0.39 is 11.9 Å². The van der Waals surface area contributed by atoms with E-state index in [1.165, 1.54) is 0 Å². The highest BCUT2D eigenvalue weighted by atomic mass is 16.7. The van der Waals surface area contributed by atoms with E-state index in [4.69, 9.17) is 14.2 Å². The van der Waals surface area contributed by atoms with Crippen molar-refractivity contribution in [2.75, 3.05) is 6.79 Å². The molecule has 5 heteroatoms. The Bertz CT molecular complexity index is 773. The molecule has 0 amide bonds. The first-order valence-electron chi connectivity index (χ1n) is 7.50. The zero-order valence-electron chi connectivity index (χ0n) is 13.9. The molecule has 2 aromatic rings. The van der Waals surface area contributed by atoms with Crippen LogP contribution in [0.2, 0.25) is 0 Å². The van der Waals surface area contributed by atoms with E-state index in [0.717, 1.165) is 17.2 Å². The molecule has 2 aromatic carbocycles. The molecule has 0 saturated heterocycles. The van der Waals surface area contributed by atoms with Crippen LogP contribution in [0.4, 0.5) is 0 Å². The van der Waals surface area contributed by atoms with Crippen LogP contribution in [-0.4, -0.2) is 18.7 Å². The predicted octanol–water partition coefficient (Wildman–Crippen LogP) is 4.54. The molecule has 0 bridgehead atoms. The third-order valence-electron chi connectivity index (χ3n) is 3.19. The lowest BCUT2D eigenvalue weighted by Gasteiger charge is -2.08. The Morgan fingerprint density at radius 1 is 0.962 bits per heavy atom. The summed E-state index contributed by atoms with van der Waals surface area (Å²) in [5.74, 6) is 0.0400. The number of hydrogen-bond acceptors (Lipinski definition) is 5. The number of benzene rings is 2. The lowest BCUT2D eigenvalue weighted by atomic mass is 10.1. The fourth-order valence-corrected chi connectivity index (χ4v) is 1.89. The Kier molecular flexibility index (Phi) is 7.83. The highest BCUT2D eigenvalue weighted by Crippen LogP contribution is 2.24. The maximum absolute atomic E-state index is 11.2. The Labute approximate surface area is 153 Å². The van der Waals surface area contributed by atoms with Crippen LogP contribution in [0.15, 0.2) is 73.3 Å². The maximum atomic E-state index is 11.2. The van der Waals surface area contributed by atoms with Gasteiger partial charge in [0.1, 0.15) is 11.5 Å². The van der Waals surface area contributed by atoms with Gasteiger partial charge in [-0.1, -0.05) is 44.8 Å². The van der Waals surface area contributed by atoms with E-state index in [0.29, 0.717) is 17.1 Å². The Morgan fingerprint density at radius 2 is 1.46 bits per heavy atom. The summed E-state index contributed by atoms with van der Waals surface area (Å²) in [6, 6.07) is 14.4. The quantitative estimate of drug-likeness (QED) is 0.316. The third-order valence-corrected chi connectivity index (χ3v) is 3.19. The highest BCUT2D eigenvalue weighted by Gasteiger charge is 2.04. The van der Waals surface area contributed by atoms with Gasteiger partial charge in [-0.15, -0.1) is 0 Å². The number of carbonyl (C=O) groups excluding carboxylic acids is 2. The topological polar surface area (TPSA) is 61.8 Å². The van der Waals surface area contributed by atoms with Gasteiger partial charge in [0, 0.05) is 11.6 Å².